The van der Waals surface area contributed by atoms with Gasteiger partial charge in [-0.3, -0.25) is 0 Å². The third kappa shape index (κ3) is 2.36. The number of benzene rings is 1. The van der Waals surface area contributed by atoms with E-state index in [1.807, 2.05) is 18.2 Å². The van der Waals surface area contributed by atoms with Crippen LogP contribution in [0.1, 0.15) is 45.6 Å². The van der Waals surface area contributed by atoms with E-state index in [1.165, 1.54) is 0 Å². The van der Waals surface area contributed by atoms with Crippen molar-refractivity contribution in [2.45, 2.75) is 63.9 Å². The predicted molar refractivity (Wildman–Crippen MR) is 84.7 cm³/mol. The zero-order valence-electron chi connectivity index (χ0n) is 13.0. The van der Waals surface area contributed by atoms with Crippen molar-refractivity contribution >= 4 is 11.6 Å². The van der Waals surface area contributed by atoms with E-state index in [0.29, 0.717) is 17.5 Å². The first-order chi connectivity index (χ1) is 9.90. The topological polar surface area (TPSA) is 44.5 Å². The van der Waals surface area contributed by atoms with Gasteiger partial charge in [0.05, 0.1) is 5.60 Å². The average Bonchev–Trinajstić information content (AvgIpc) is 2.91. The number of hydrogen-bond donors (Lipinski definition) is 1. The summed E-state index contributed by atoms with van der Waals surface area (Å²) in [6, 6.07) is 5.71. The van der Waals surface area contributed by atoms with Crippen LogP contribution in [0.2, 0.25) is 5.02 Å². The van der Waals surface area contributed by atoms with Gasteiger partial charge in [-0.25, -0.2) is 0 Å². The van der Waals surface area contributed by atoms with Crippen molar-refractivity contribution < 1.29 is 9.47 Å². The van der Waals surface area contributed by atoms with Crippen LogP contribution in [-0.2, 0) is 11.3 Å². The van der Waals surface area contributed by atoms with Gasteiger partial charge in [0.2, 0.25) is 0 Å². The van der Waals surface area contributed by atoms with Gasteiger partial charge in [-0.05, 0) is 37.8 Å². The largest absolute Gasteiger partial charge is 0.487 e. The van der Waals surface area contributed by atoms with Crippen LogP contribution in [0.25, 0.3) is 0 Å². The quantitative estimate of drug-likeness (QED) is 0.917. The van der Waals surface area contributed by atoms with Gasteiger partial charge in [0.15, 0.2) is 0 Å². The Balaban J connectivity index is 1.86. The SMILES string of the molecule is CC(C)[C@@]12CC[C@](C)(O1)[C@@H](Oc1cccc(Cl)c1CN)C2. The lowest BCUT2D eigenvalue weighted by molar-refractivity contribution is -0.0770. The summed E-state index contributed by atoms with van der Waals surface area (Å²) in [5.74, 6) is 1.30. The number of rotatable bonds is 4. The molecule has 0 amide bonds. The van der Waals surface area contributed by atoms with E-state index < -0.39 is 0 Å². The number of halogens is 1. The number of fused-ring (bicyclic) bond motifs is 2. The molecule has 1 aromatic rings. The van der Waals surface area contributed by atoms with Gasteiger partial charge in [0, 0.05) is 23.6 Å². The van der Waals surface area contributed by atoms with Crippen LogP contribution in [0.15, 0.2) is 18.2 Å². The van der Waals surface area contributed by atoms with E-state index >= 15 is 0 Å². The molecule has 3 rings (SSSR count). The van der Waals surface area contributed by atoms with Gasteiger partial charge in [-0.1, -0.05) is 31.5 Å². The van der Waals surface area contributed by atoms with E-state index in [-0.39, 0.29) is 17.3 Å². The molecule has 1 aromatic carbocycles. The lowest BCUT2D eigenvalue weighted by Gasteiger charge is -2.32. The van der Waals surface area contributed by atoms with Gasteiger partial charge in [0.25, 0.3) is 0 Å². The Labute approximate surface area is 131 Å². The summed E-state index contributed by atoms with van der Waals surface area (Å²) in [5, 5.41) is 0.669. The first-order valence-electron chi connectivity index (χ1n) is 7.74. The molecule has 0 spiro atoms. The molecule has 2 fully saturated rings. The highest BCUT2D eigenvalue weighted by Gasteiger charge is 2.61. The molecule has 2 saturated heterocycles. The zero-order valence-corrected chi connectivity index (χ0v) is 13.7. The Morgan fingerprint density at radius 2 is 2.19 bits per heavy atom. The summed E-state index contributed by atoms with van der Waals surface area (Å²) in [6.07, 6.45) is 3.18. The Bertz CT molecular complexity index is 548. The van der Waals surface area contributed by atoms with E-state index in [0.717, 1.165) is 30.6 Å². The third-order valence-corrected chi connectivity index (χ3v) is 5.65. The first kappa shape index (κ1) is 15.1. The maximum absolute atomic E-state index is 6.41. The van der Waals surface area contributed by atoms with E-state index in [4.69, 9.17) is 26.8 Å². The summed E-state index contributed by atoms with van der Waals surface area (Å²) >= 11 is 6.22. The van der Waals surface area contributed by atoms with Crippen molar-refractivity contribution in [3.63, 3.8) is 0 Å². The predicted octanol–water partition coefficient (Wildman–Crippen LogP) is 3.91. The standard InChI is InChI=1S/C17H24ClNO2/c1-11(2)17-8-7-16(3,21-17)15(9-17)20-14-6-4-5-13(18)12(14)10-19/h4-6,11,15H,7-10,19H2,1-3H3/t15-,16-,17-/m0/s1. The third-order valence-electron chi connectivity index (χ3n) is 5.29. The number of ether oxygens (including phenoxy) is 2. The Kier molecular flexibility index (Phi) is 3.71. The van der Waals surface area contributed by atoms with Crippen molar-refractivity contribution in [1.29, 1.82) is 0 Å². The van der Waals surface area contributed by atoms with Crippen LogP contribution in [0, 0.1) is 5.92 Å². The van der Waals surface area contributed by atoms with Gasteiger partial charge in [-0.2, -0.15) is 0 Å². The van der Waals surface area contributed by atoms with Crippen molar-refractivity contribution in [3.8, 4) is 5.75 Å². The average molecular weight is 310 g/mol. The highest BCUT2D eigenvalue weighted by atomic mass is 35.5. The highest BCUT2D eigenvalue weighted by molar-refractivity contribution is 6.31. The minimum atomic E-state index is -0.196. The van der Waals surface area contributed by atoms with E-state index in [9.17, 15) is 0 Å². The molecule has 0 aromatic heterocycles. The van der Waals surface area contributed by atoms with Crippen molar-refractivity contribution in [2.24, 2.45) is 11.7 Å². The first-order valence-corrected chi connectivity index (χ1v) is 8.12. The number of nitrogens with two attached hydrogens (primary N) is 1. The monoisotopic (exact) mass is 309 g/mol. The van der Waals surface area contributed by atoms with Crippen molar-refractivity contribution in [1.82, 2.24) is 0 Å². The summed E-state index contributed by atoms with van der Waals surface area (Å²) in [7, 11) is 0. The van der Waals surface area contributed by atoms with Crippen LogP contribution in [0.5, 0.6) is 5.75 Å². The molecule has 0 aliphatic carbocycles. The molecule has 2 bridgehead atoms. The van der Waals surface area contributed by atoms with Gasteiger partial charge >= 0.3 is 0 Å². The van der Waals surface area contributed by atoms with Crippen LogP contribution in [-0.4, -0.2) is 17.3 Å². The summed E-state index contributed by atoms with van der Waals surface area (Å²) in [6.45, 7) is 7.02. The van der Waals surface area contributed by atoms with E-state index in [1.54, 1.807) is 0 Å². The lowest BCUT2D eigenvalue weighted by atomic mass is 9.75. The van der Waals surface area contributed by atoms with E-state index in [2.05, 4.69) is 20.8 Å². The second-order valence-corrected chi connectivity index (χ2v) is 7.27. The highest BCUT2D eigenvalue weighted by Crippen LogP contribution is 2.55. The number of hydrogen-bond acceptors (Lipinski definition) is 3. The van der Waals surface area contributed by atoms with Gasteiger partial charge in [-0.15, -0.1) is 0 Å². The Morgan fingerprint density at radius 3 is 2.81 bits per heavy atom. The molecule has 21 heavy (non-hydrogen) atoms. The Morgan fingerprint density at radius 1 is 1.43 bits per heavy atom. The second kappa shape index (κ2) is 5.15. The Hall–Kier alpha value is -0.770. The van der Waals surface area contributed by atoms with Gasteiger partial charge < -0.3 is 15.2 Å². The maximum Gasteiger partial charge on any atom is 0.130 e. The fourth-order valence-corrected chi connectivity index (χ4v) is 3.98. The van der Waals surface area contributed by atoms with Gasteiger partial charge in [0.1, 0.15) is 17.5 Å². The molecule has 3 atom stereocenters. The maximum atomic E-state index is 6.41. The molecule has 2 aliphatic rings. The fraction of sp³-hybridized carbons (Fsp3) is 0.647. The smallest absolute Gasteiger partial charge is 0.130 e. The molecule has 2 heterocycles. The summed E-state index contributed by atoms with van der Waals surface area (Å²) in [5.41, 5.74) is 6.47. The van der Waals surface area contributed by atoms with Crippen molar-refractivity contribution in [2.75, 3.05) is 0 Å². The molecule has 116 valence electrons. The summed E-state index contributed by atoms with van der Waals surface area (Å²) in [4.78, 5) is 0. The normalized spacial score (nSPS) is 34.7. The lowest BCUT2D eigenvalue weighted by Crippen LogP contribution is -2.40. The molecule has 0 radical (unpaired) electrons. The van der Waals surface area contributed by atoms with Crippen LogP contribution < -0.4 is 10.5 Å². The summed E-state index contributed by atoms with van der Waals surface area (Å²) < 4.78 is 12.7. The fourth-order valence-electron chi connectivity index (χ4n) is 3.74. The minimum Gasteiger partial charge on any atom is -0.487 e. The molecule has 2 aliphatic heterocycles. The molecule has 4 heteroatoms. The molecular weight excluding hydrogens is 286 g/mol. The molecule has 3 nitrogen and oxygen atoms in total. The molecule has 0 saturated carbocycles. The molecule has 0 unspecified atom stereocenters. The molecular formula is C17H24ClNO2. The minimum absolute atomic E-state index is 0.0269. The van der Waals surface area contributed by atoms with Crippen LogP contribution >= 0.6 is 11.6 Å². The van der Waals surface area contributed by atoms with Crippen LogP contribution in [0.4, 0.5) is 0 Å². The van der Waals surface area contributed by atoms with Crippen molar-refractivity contribution in [3.05, 3.63) is 28.8 Å². The zero-order chi connectivity index (χ0) is 15.3. The second-order valence-electron chi connectivity index (χ2n) is 6.87. The molecule has 2 N–H and O–H groups in total. The van der Waals surface area contributed by atoms with Crippen LogP contribution in [0.3, 0.4) is 0 Å².